The van der Waals surface area contributed by atoms with Crippen molar-refractivity contribution in [3.8, 4) is 0 Å². The SMILES string of the molecule is Cc1ccc(CNC(C)Cn2ccnc2)cc1Br. The molecule has 0 fully saturated rings. The van der Waals surface area contributed by atoms with E-state index in [0.717, 1.165) is 13.1 Å². The molecule has 0 aliphatic heterocycles. The van der Waals surface area contributed by atoms with E-state index in [1.54, 1.807) is 0 Å². The van der Waals surface area contributed by atoms with Crippen LogP contribution in [0.1, 0.15) is 18.1 Å². The summed E-state index contributed by atoms with van der Waals surface area (Å²) in [6, 6.07) is 6.89. The molecule has 0 spiro atoms. The number of aromatic nitrogens is 2. The molecule has 1 N–H and O–H groups in total. The van der Waals surface area contributed by atoms with Crippen LogP contribution in [0.25, 0.3) is 0 Å². The second-order valence-corrected chi connectivity index (χ2v) is 5.48. The lowest BCUT2D eigenvalue weighted by atomic mass is 10.1. The van der Waals surface area contributed by atoms with Crippen LogP contribution < -0.4 is 5.32 Å². The molecule has 0 amide bonds. The topological polar surface area (TPSA) is 29.9 Å². The Morgan fingerprint density at radius 1 is 1.44 bits per heavy atom. The molecule has 96 valence electrons. The Labute approximate surface area is 116 Å². The molecular weight excluding hydrogens is 290 g/mol. The zero-order chi connectivity index (χ0) is 13.0. The van der Waals surface area contributed by atoms with Gasteiger partial charge in [-0.3, -0.25) is 0 Å². The van der Waals surface area contributed by atoms with Gasteiger partial charge in [-0.1, -0.05) is 28.1 Å². The van der Waals surface area contributed by atoms with E-state index in [1.165, 1.54) is 15.6 Å². The van der Waals surface area contributed by atoms with E-state index in [-0.39, 0.29) is 0 Å². The third-order valence-corrected chi connectivity index (χ3v) is 3.79. The Morgan fingerprint density at radius 3 is 2.94 bits per heavy atom. The Hall–Kier alpha value is -1.13. The lowest BCUT2D eigenvalue weighted by molar-refractivity contribution is 0.476. The van der Waals surface area contributed by atoms with Crippen molar-refractivity contribution in [1.82, 2.24) is 14.9 Å². The number of halogens is 1. The van der Waals surface area contributed by atoms with E-state index in [1.807, 2.05) is 18.7 Å². The average Bonchev–Trinajstić information content (AvgIpc) is 2.83. The number of benzene rings is 1. The monoisotopic (exact) mass is 307 g/mol. The molecule has 1 unspecified atom stereocenters. The summed E-state index contributed by atoms with van der Waals surface area (Å²) in [4.78, 5) is 4.04. The third kappa shape index (κ3) is 3.68. The van der Waals surface area contributed by atoms with Crippen molar-refractivity contribution in [3.05, 3.63) is 52.5 Å². The standard InChI is InChI=1S/C14H18BrN3/c1-11-3-4-13(7-14(11)15)8-17-12(2)9-18-6-5-16-10-18/h3-7,10,12,17H,8-9H2,1-2H3. The van der Waals surface area contributed by atoms with E-state index in [9.17, 15) is 0 Å². The van der Waals surface area contributed by atoms with Gasteiger partial charge in [-0.05, 0) is 31.0 Å². The molecule has 0 aliphatic carbocycles. The van der Waals surface area contributed by atoms with Gasteiger partial charge in [0.05, 0.1) is 6.33 Å². The second kappa shape index (κ2) is 6.16. The summed E-state index contributed by atoms with van der Waals surface area (Å²) in [5.74, 6) is 0. The van der Waals surface area contributed by atoms with Gasteiger partial charge in [0, 0.05) is 36.0 Å². The molecule has 0 aliphatic rings. The Balaban J connectivity index is 1.85. The highest BCUT2D eigenvalue weighted by atomic mass is 79.9. The number of nitrogens with zero attached hydrogens (tertiary/aromatic N) is 2. The molecule has 1 aromatic carbocycles. The molecule has 1 heterocycles. The van der Waals surface area contributed by atoms with Crippen LogP contribution in [0.2, 0.25) is 0 Å². The first-order chi connectivity index (χ1) is 8.65. The minimum atomic E-state index is 0.416. The van der Waals surface area contributed by atoms with Gasteiger partial charge in [0.25, 0.3) is 0 Å². The normalized spacial score (nSPS) is 12.6. The van der Waals surface area contributed by atoms with Gasteiger partial charge >= 0.3 is 0 Å². The quantitative estimate of drug-likeness (QED) is 0.919. The molecule has 4 heteroatoms. The van der Waals surface area contributed by atoms with Gasteiger partial charge < -0.3 is 9.88 Å². The number of hydrogen-bond acceptors (Lipinski definition) is 2. The predicted octanol–water partition coefficient (Wildman–Crippen LogP) is 3.13. The van der Waals surface area contributed by atoms with Gasteiger partial charge in [0.15, 0.2) is 0 Å². The van der Waals surface area contributed by atoms with Crippen LogP contribution in [0.4, 0.5) is 0 Å². The van der Waals surface area contributed by atoms with Crippen LogP contribution >= 0.6 is 15.9 Å². The predicted molar refractivity (Wildman–Crippen MR) is 77.4 cm³/mol. The molecule has 1 aromatic heterocycles. The maximum absolute atomic E-state index is 4.04. The Bertz CT molecular complexity index is 494. The maximum Gasteiger partial charge on any atom is 0.0946 e. The van der Waals surface area contributed by atoms with Crippen molar-refractivity contribution >= 4 is 15.9 Å². The first-order valence-corrected chi connectivity index (χ1v) is 6.88. The van der Waals surface area contributed by atoms with Crippen molar-refractivity contribution in [2.24, 2.45) is 0 Å². The molecule has 2 rings (SSSR count). The van der Waals surface area contributed by atoms with Gasteiger partial charge in [0.2, 0.25) is 0 Å². The van der Waals surface area contributed by atoms with Gasteiger partial charge in [0.1, 0.15) is 0 Å². The summed E-state index contributed by atoms with van der Waals surface area (Å²) in [5.41, 5.74) is 2.56. The lowest BCUT2D eigenvalue weighted by Crippen LogP contribution is -2.29. The first kappa shape index (κ1) is 13.3. The summed E-state index contributed by atoms with van der Waals surface area (Å²) < 4.78 is 3.26. The molecule has 0 saturated heterocycles. The van der Waals surface area contributed by atoms with E-state index in [2.05, 4.69) is 62.8 Å². The smallest absolute Gasteiger partial charge is 0.0946 e. The van der Waals surface area contributed by atoms with Crippen molar-refractivity contribution < 1.29 is 0 Å². The van der Waals surface area contributed by atoms with Crippen molar-refractivity contribution in [3.63, 3.8) is 0 Å². The van der Waals surface area contributed by atoms with Gasteiger partial charge in [-0.25, -0.2) is 4.98 Å². The van der Waals surface area contributed by atoms with Crippen molar-refractivity contribution in [1.29, 1.82) is 0 Å². The highest BCUT2D eigenvalue weighted by molar-refractivity contribution is 9.10. The fourth-order valence-corrected chi connectivity index (χ4v) is 2.24. The number of hydrogen-bond donors (Lipinski definition) is 1. The zero-order valence-corrected chi connectivity index (χ0v) is 12.3. The van der Waals surface area contributed by atoms with Crippen LogP contribution in [0.15, 0.2) is 41.4 Å². The number of nitrogens with one attached hydrogen (secondary N) is 1. The molecule has 1 atom stereocenters. The van der Waals surface area contributed by atoms with Crippen LogP contribution in [0.3, 0.4) is 0 Å². The minimum absolute atomic E-state index is 0.416. The van der Waals surface area contributed by atoms with Crippen LogP contribution in [0, 0.1) is 6.92 Å². The zero-order valence-electron chi connectivity index (χ0n) is 10.7. The average molecular weight is 308 g/mol. The van der Waals surface area contributed by atoms with E-state index < -0.39 is 0 Å². The van der Waals surface area contributed by atoms with Crippen LogP contribution in [-0.4, -0.2) is 15.6 Å². The summed E-state index contributed by atoms with van der Waals surface area (Å²) in [6.07, 6.45) is 5.64. The van der Waals surface area contributed by atoms with E-state index in [4.69, 9.17) is 0 Å². The van der Waals surface area contributed by atoms with Crippen LogP contribution in [0.5, 0.6) is 0 Å². The fourth-order valence-electron chi connectivity index (χ4n) is 1.81. The van der Waals surface area contributed by atoms with Gasteiger partial charge in [-0.15, -0.1) is 0 Å². The summed E-state index contributed by atoms with van der Waals surface area (Å²) in [5, 5.41) is 3.51. The van der Waals surface area contributed by atoms with E-state index in [0.29, 0.717) is 6.04 Å². The van der Waals surface area contributed by atoms with Crippen molar-refractivity contribution in [2.45, 2.75) is 33.0 Å². The molecule has 18 heavy (non-hydrogen) atoms. The molecular formula is C14H18BrN3. The summed E-state index contributed by atoms with van der Waals surface area (Å²) in [7, 11) is 0. The molecule has 0 radical (unpaired) electrons. The van der Waals surface area contributed by atoms with E-state index >= 15 is 0 Å². The maximum atomic E-state index is 4.04. The third-order valence-electron chi connectivity index (χ3n) is 2.93. The Kier molecular flexibility index (Phi) is 4.55. The summed E-state index contributed by atoms with van der Waals surface area (Å²) in [6.45, 7) is 6.11. The first-order valence-electron chi connectivity index (χ1n) is 6.09. The fraction of sp³-hybridized carbons (Fsp3) is 0.357. The molecule has 2 aromatic rings. The van der Waals surface area contributed by atoms with Gasteiger partial charge in [-0.2, -0.15) is 0 Å². The lowest BCUT2D eigenvalue weighted by Gasteiger charge is -2.14. The minimum Gasteiger partial charge on any atom is -0.336 e. The van der Waals surface area contributed by atoms with Crippen LogP contribution in [-0.2, 0) is 13.1 Å². The summed E-state index contributed by atoms with van der Waals surface area (Å²) >= 11 is 3.56. The molecule has 3 nitrogen and oxygen atoms in total. The number of imidazole rings is 1. The van der Waals surface area contributed by atoms with Crippen molar-refractivity contribution in [2.75, 3.05) is 0 Å². The molecule has 0 bridgehead atoms. The molecule has 0 saturated carbocycles. The highest BCUT2D eigenvalue weighted by Crippen LogP contribution is 2.17. The highest BCUT2D eigenvalue weighted by Gasteiger charge is 2.03. The largest absolute Gasteiger partial charge is 0.336 e. The number of aryl methyl sites for hydroxylation is 1. The number of rotatable bonds is 5. The Morgan fingerprint density at radius 2 is 2.28 bits per heavy atom. The second-order valence-electron chi connectivity index (χ2n) is 4.62.